The second-order valence-corrected chi connectivity index (χ2v) is 5.77. The maximum atomic E-state index is 10.9. The molecule has 1 heterocycles. The third kappa shape index (κ3) is 2.40. The normalized spacial score (nSPS) is 34.4. The van der Waals surface area contributed by atoms with Gasteiger partial charge in [-0.2, -0.15) is 0 Å². The summed E-state index contributed by atoms with van der Waals surface area (Å²) in [5.41, 5.74) is 0. The SMILES string of the molecule is CC1CCCC(N2CC(C(C)C(=O)O)C2)C1. The van der Waals surface area contributed by atoms with Crippen LogP contribution in [0.3, 0.4) is 0 Å². The molecule has 0 aromatic rings. The van der Waals surface area contributed by atoms with Gasteiger partial charge in [0.2, 0.25) is 0 Å². The Kier molecular flexibility index (Phi) is 3.53. The molecule has 1 saturated carbocycles. The summed E-state index contributed by atoms with van der Waals surface area (Å²) >= 11 is 0. The lowest BCUT2D eigenvalue weighted by molar-refractivity contribution is -0.146. The van der Waals surface area contributed by atoms with Crippen LogP contribution in [0.5, 0.6) is 0 Å². The Balaban J connectivity index is 1.77. The zero-order valence-electron chi connectivity index (χ0n) is 10.4. The van der Waals surface area contributed by atoms with Crippen molar-refractivity contribution >= 4 is 5.97 Å². The topological polar surface area (TPSA) is 40.5 Å². The minimum atomic E-state index is -0.637. The molecule has 3 heteroatoms. The lowest BCUT2D eigenvalue weighted by Gasteiger charge is -2.48. The lowest BCUT2D eigenvalue weighted by Crippen LogP contribution is -2.56. The third-order valence-corrected chi connectivity index (χ3v) is 4.46. The highest BCUT2D eigenvalue weighted by molar-refractivity contribution is 5.70. The Bertz CT molecular complexity index is 261. The molecule has 3 unspecified atom stereocenters. The fraction of sp³-hybridized carbons (Fsp3) is 0.923. The molecule has 0 spiro atoms. The van der Waals surface area contributed by atoms with Crippen molar-refractivity contribution in [2.45, 2.75) is 45.6 Å². The minimum Gasteiger partial charge on any atom is -0.481 e. The Labute approximate surface area is 97.8 Å². The summed E-state index contributed by atoms with van der Waals surface area (Å²) in [5.74, 6) is 0.434. The molecule has 0 amide bonds. The highest BCUT2D eigenvalue weighted by Crippen LogP contribution is 2.33. The molecule has 16 heavy (non-hydrogen) atoms. The number of carboxylic acid groups (broad SMARTS) is 1. The standard InChI is InChI=1S/C13H23NO2/c1-9-4-3-5-12(6-9)14-7-11(8-14)10(2)13(15)16/h9-12H,3-8H2,1-2H3,(H,15,16). The Hall–Kier alpha value is -0.570. The van der Waals surface area contributed by atoms with Gasteiger partial charge in [-0.05, 0) is 24.7 Å². The van der Waals surface area contributed by atoms with E-state index < -0.39 is 5.97 Å². The number of likely N-dealkylation sites (tertiary alicyclic amines) is 1. The van der Waals surface area contributed by atoms with Crippen LogP contribution in [0.25, 0.3) is 0 Å². The van der Waals surface area contributed by atoms with Gasteiger partial charge in [0.05, 0.1) is 5.92 Å². The number of aliphatic carboxylic acids is 1. The van der Waals surface area contributed by atoms with E-state index in [4.69, 9.17) is 5.11 Å². The van der Waals surface area contributed by atoms with Gasteiger partial charge in [0.15, 0.2) is 0 Å². The van der Waals surface area contributed by atoms with Crippen molar-refractivity contribution < 1.29 is 9.90 Å². The van der Waals surface area contributed by atoms with Crippen LogP contribution in [0.2, 0.25) is 0 Å². The molecule has 2 fully saturated rings. The first-order valence-electron chi connectivity index (χ1n) is 6.54. The van der Waals surface area contributed by atoms with Crippen molar-refractivity contribution in [3.8, 4) is 0 Å². The van der Waals surface area contributed by atoms with E-state index in [0.717, 1.165) is 25.0 Å². The molecule has 1 aliphatic carbocycles. The van der Waals surface area contributed by atoms with Gasteiger partial charge in [0.1, 0.15) is 0 Å². The number of rotatable bonds is 3. The van der Waals surface area contributed by atoms with Gasteiger partial charge < -0.3 is 5.11 Å². The van der Waals surface area contributed by atoms with Gasteiger partial charge in [-0.15, -0.1) is 0 Å². The third-order valence-electron chi connectivity index (χ3n) is 4.46. The molecule has 0 bridgehead atoms. The van der Waals surface area contributed by atoms with Crippen molar-refractivity contribution in [2.75, 3.05) is 13.1 Å². The van der Waals surface area contributed by atoms with Crippen molar-refractivity contribution in [1.29, 1.82) is 0 Å². The molecule has 2 aliphatic rings. The number of carbonyl (C=O) groups is 1. The summed E-state index contributed by atoms with van der Waals surface area (Å²) in [6.07, 6.45) is 5.35. The highest BCUT2D eigenvalue weighted by atomic mass is 16.4. The Morgan fingerprint density at radius 3 is 2.62 bits per heavy atom. The first kappa shape index (κ1) is 11.9. The van der Waals surface area contributed by atoms with Gasteiger partial charge in [-0.3, -0.25) is 9.69 Å². The van der Waals surface area contributed by atoms with Gasteiger partial charge in [-0.1, -0.05) is 26.7 Å². The quantitative estimate of drug-likeness (QED) is 0.800. The molecule has 0 aromatic heterocycles. The van der Waals surface area contributed by atoms with Crippen LogP contribution < -0.4 is 0 Å². The number of hydrogen-bond donors (Lipinski definition) is 1. The maximum absolute atomic E-state index is 10.9. The Morgan fingerprint density at radius 2 is 2.06 bits per heavy atom. The van der Waals surface area contributed by atoms with E-state index in [2.05, 4.69) is 11.8 Å². The van der Waals surface area contributed by atoms with E-state index in [0.29, 0.717) is 5.92 Å². The van der Waals surface area contributed by atoms with Gasteiger partial charge in [0.25, 0.3) is 0 Å². The Morgan fingerprint density at radius 1 is 1.38 bits per heavy atom. The van der Waals surface area contributed by atoms with Gasteiger partial charge >= 0.3 is 5.97 Å². The summed E-state index contributed by atoms with van der Waals surface area (Å²) in [7, 11) is 0. The number of nitrogens with zero attached hydrogens (tertiary/aromatic N) is 1. The van der Waals surface area contributed by atoms with E-state index in [1.165, 1.54) is 25.7 Å². The molecule has 92 valence electrons. The highest BCUT2D eigenvalue weighted by Gasteiger charge is 2.38. The fourth-order valence-corrected chi connectivity index (χ4v) is 3.10. The molecule has 0 radical (unpaired) electrons. The zero-order valence-corrected chi connectivity index (χ0v) is 10.4. The summed E-state index contributed by atoms with van der Waals surface area (Å²) in [5, 5.41) is 8.94. The molecule has 3 nitrogen and oxygen atoms in total. The number of hydrogen-bond acceptors (Lipinski definition) is 2. The van der Waals surface area contributed by atoms with Crippen LogP contribution in [-0.2, 0) is 4.79 Å². The van der Waals surface area contributed by atoms with Crippen LogP contribution in [0.1, 0.15) is 39.5 Å². The van der Waals surface area contributed by atoms with Crippen LogP contribution in [0.15, 0.2) is 0 Å². The molecule has 1 saturated heterocycles. The number of carboxylic acids is 1. The fourth-order valence-electron chi connectivity index (χ4n) is 3.10. The van der Waals surface area contributed by atoms with E-state index >= 15 is 0 Å². The average molecular weight is 225 g/mol. The van der Waals surface area contributed by atoms with E-state index in [1.807, 2.05) is 6.92 Å². The molecule has 1 aliphatic heterocycles. The molecule has 3 atom stereocenters. The molecular formula is C13H23NO2. The van der Waals surface area contributed by atoms with Crippen molar-refractivity contribution in [3.63, 3.8) is 0 Å². The van der Waals surface area contributed by atoms with Gasteiger partial charge in [-0.25, -0.2) is 0 Å². The van der Waals surface area contributed by atoms with Crippen LogP contribution >= 0.6 is 0 Å². The maximum Gasteiger partial charge on any atom is 0.306 e. The molecule has 1 N–H and O–H groups in total. The smallest absolute Gasteiger partial charge is 0.306 e. The van der Waals surface area contributed by atoms with Crippen molar-refractivity contribution in [3.05, 3.63) is 0 Å². The monoisotopic (exact) mass is 225 g/mol. The van der Waals surface area contributed by atoms with E-state index in [9.17, 15) is 4.79 Å². The summed E-state index contributed by atoms with van der Waals surface area (Å²) in [6.45, 7) is 6.19. The summed E-state index contributed by atoms with van der Waals surface area (Å²) < 4.78 is 0. The van der Waals surface area contributed by atoms with Gasteiger partial charge in [0, 0.05) is 19.1 Å². The van der Waals surface area contributed by atoms with E-state index in [-0.39, 0.29) is 5.92 Å². The summed E-state index contributed by atoms with van der Waals surface area (Å²) in [4.78, 5) is 13.3. The van der Waals surface area contributed by atoms with Crippen LogP contribution in [0.4, 0.5) is 0 Å². The molecule has 0 aromatic carbocycles. The average Bonchev–Trinajstić information content (AvgIpc) is 2.15. The summed E-state index contributed by atoms with van der Waals surface area (Å²) in [6, 6.07) is 0.737. The minimum absolute atomic E-state index is 0.169. The molecule has 2 rings (SSSR count). The predicted molar refractivity (Wildman–Crippen MR) is 63.3 cm³/mol. The first-order valence-corrected chi connectivity index (χ1v) is 6.54. The van der Waals surface area contributed by atoms with E-state index in [1.54, 1.807) is 0 Å². The molecular weight excluding hydrogens is 202 g/mol. The van der Waals surface area contributed by atoms with Crippen LogP contribution in [0, 0.1) is 17.8 Å². The zero-order chi connectivity index (χ0) is 11.7. The first-order chi connectivity index (χ1) is 7.58. The largest absolute Gasteiger partial charge is 0.481 e. The second-order valence-electron chi connectivity index (χ2n) is 5.77. The predicted octanol–water partition coefficient (Wildman–Crippen LogP) is 2.22. The lowest BCUT2D eigenvalue weighted by atomic mass is 9.80. The van der Waals surface area contributed by atoms with Crippen molar-refractivity contribution in [2.24, 2.45) is 17.8 Å². The second kappa shape index (κ2) is 4.74. The van der Waals surface area contributed by atoms with Crippen LogP contribution in [-0.4, -0.2) is 35.1 Å². The van der Waals surface area contributed by atoms with Crippen molar-refractivity contribution in [1.82, 2.24) is 4.90 Å².